The summed E-state index contributed by atoms with van der Waals surface area (Å²) in [7, 11) is 3.15. The van der Waals surface area contributed by atoms with Crippen LogP contribution in [0.5, 0.6) is 11.5 Å². The molecule has 1 saturated heterocycles. The number of methoxy groups -OCH3 is 2. The highest BCUT2D eigenvalue weighted by molar-refractivity contribution is 5.97. The lowest BCUT2D eigenvalue weighted by Crippen LogP contribution is -2.49. The molecule has 2 rings (SSSR count). The summed E-state index contributed by atoms with van der Waals surface area (Å²) >= 11 is 0. The first-order valence-electron chi connectivity index (χ1n) is 7.13. The summed E-state index contributed by atoms with van der Waals surface area (Å²) in [6.45, 7) is 4.66. The Hall–Kier alpha value is -1.79. The monoisotopic (exact) mass is 293 g/mol. The van der Waals surface area contributed by atoms with E-state index in [1.54, 1.807) is 32.4 Å². The van der Waals surface area contributed by atoms with Crippen molar-refractivity contribution in [1.82, 2.24) is 9.80 Å². The zero-order valence-electron chi connectivity index (χ0n) is 12.7. The van der Waals surface area contributed by atoms with Crippen LogP contribution in [-0.4, -0.2) is 69.2 Å². The van der Waals surface area contributed by atoms with Gasteiger partial charge in [-0.15, -0.1) is 0 Å². The van der Waals surface area contributed by atoms with Gasteiger partial charge in [0.15, 0.2) is 0 Å². The van der Waals surface area contributed by atoms with Crippen molar-refractivity contribution in [2.75, 3.05) is 53.5 Å². The predicted octanol–water partition coefficient (Wildman–Crippen LogP) is 0.420. The lowest BCUT2D eigenvalue weighted by molar-refractivity contribution is 0.0637. The molecule has 1 aliphatic rings. The van der Waals surface area contributed by atoms with Crippen LogP contribution in [0.15, 0.2) is 18.2 Å². The van der Waals surface area contributed by atoms with E-state index >= 15 is 0 Å². The van der Waals surface area contributed by atoms with Crippen LogP contribution in [0.2, 0.25) is 0 Å². The van der Waals surface area contributed by atoms with E-state index in [9.17, 15) is 4.79 Å². The zero-order chi connectivity index (χ0) is 15.2. The second-order valence-corrected chi connectivity index (χ2v) is 4.99. The molecule has 1 aliphatic heterocycles. The van der Waals surface area contributed by atoms with Crippen molar-refractivity contribution in [3.8, 4) is 11.5 Å². The lowest BCUT2D eigenvalue weighted by atomic mass is 10.1. The van der Waals surface area contributed by atoms with Crippen molar-refractivity contribution >= 4 is 5.91 Å². The molecule has 0 unspecified atom stereocenters. The topological polar surface area (TPSA) is 68.0 Å². The Balaban J connectivity index is 2.10. The predicted molar refractivity (Wildman–Crippen MR) is 80.9 cm³/mol. The highest BCUT2D eigenvalue weighted by Gasteiger charge is 2.24. The first kappa shape index (κ1) is 15.6. The Kier molecular flexibility index (Phi) is 5.41. The number of ether oxygens (including phenoxy) is 2. The molecule has 1 aromatic carbocycles. The maximum absolute atomic E-state index is 12.7. The van der Waals surface area contributed by atoms with E-state index in [-0.39, 0.29) is 5.91 Å². The second-order valence-electron chi connectivity index (χ2n) is 4.99. The van der Waals surface area contributed by atoms with Crippen LogP contribution in [0.1, 0.15) is 10.4 Å². The average Bonchev–Trinajstić information content (AvgIpc) is 2.54. The van der Waals surface area contributed by atoms with Crippen molar-refractivity contribution in [1.29, 1.82) is 0 Å². The van der Waals surface area contributed by atoms with Gasteiger partial charge >= 0.3 is 0 Å². The summed E-state index contributed by atoms with van der Waals surface area (Å²) < 4.78 is 10.5. The summed E-state index contributed by atoms with van der Waals surface area (Å²) in [6.07, 6.45) is 0. The molecule has 1 fully saturated rings. The van der Waals surface area contributed by atoms with Crippen LogP contribution in [0.4, 0.5) is 0 Å². The number of carbonyl (C=O) groups excluding carboxylic acids is 1. The summed E-state index contributed by atoms with van der Waals surface area (Å²) in [5.74, 6) is 1.21. The van der Waals surface area contributed by atoms with Gasteiger partial charge in [0.1, 0.15) is 11.5 Å². The highest BCUT2D eigenvalue weighted by atomic mass is 16.5. The third-order valence-electron chi connectivity index (χ3n) is 3.74. The Morgan fingerprint density at radius 3 is 2.48 bits per heavy atom. The number of hydrogen-bond acceptors (Lipinski definition) is 5. The first-order chi connectivity index (χ1) is 10.2. The molecule has 2 N–H and O–H groups in total. The molecule has 21 heavy (non-hydrogen) atoms. The van der Waals surface area contributed by atoms with Crippen molar-refractivity contribution in [3.63, 3.8) is 0 Å². The molecule has 116 valence electrons. The number of hydrogen-bond donors (Lipinski definition) is 1. The Morgan fingerprint density at radius 1 is 1.19 bits per heavy atom. The van der Waals surface area contributed by atoms with Crippen LogP contribution >= 0.6 is 0 Å². The number of nitrogens with two attached hydrogens (primary N) is 1. The minimum atomic E-state index is -0.0156. The summed E-state index contributed by atoms with van der Waals surface area (Å²) in [5, 5.41) is 0. The molecule has 0 aromatic heterocycles. The Morgan fingerprint density at radius 2 is 1.90 bits per heavy atom. The fourth-order valence-electron chi connectivity index (χ4n) is 2.51. The molecule has 1 amide bonds. The maximum Gasteiger partial charge on any atom is 0.257 e. The zero-order valence-corrected chi connectivity index (χ0v) is 12.7. The SMILES string of the molecule is COc1ccc(OC)c(C(=O)N2CCN(CCN)CC2)c1. The van der Waals surface area contributed by atoms with Crippen molar-refractivity contribution < 1.29 is 14.3 Å². The number of piperazine rings is 1. The Bertz CT molecular complexity index is 485. The van der Waals surface area contributed by atoms with Crippen molar-refractivity contribution in [2.24, 2.45) is 5.73 Å². The molecule has 0 saturated carbocycles. The van der Waals surface area contributed by atoms with Crippen LogP contribution in [-0.2, 0) is 0 Å². The molecular weight excluding hydrogens is 270 g/mol. The summed E-state index contributed by atoms with van der Waals surface area (Å²) in [4.78, 5) is 16.8. The van der Waals surface area contributed by atoms with Crippen molar-refractivity contribution in [3.05, 3.63) is 23.8 Å². The maximum atomic E-state index is 12.7. The van der Waals surface area contributed by atoms with E-state index in [4.69, 9.17) is 15.2 Å². The first-order valence-corrected chi connectivity index (χ1v) is 7.13. The van der Waals surface area contributed by atoms with Gasteiger partial charge in [0.2, 0.25) is 0 Å². The number of nitrogens with zero attached hydrogens (tertiary/aromatic N) is 2. The number of carbonyl (C=O) groups is 1. The molecule has 1 heterocycles. The van der Waals surface area contributed by atoms with Gasteiger partial charge in [-0.2, -0.15) is 0 Å². The van der Waals surface area contributed by atoms with E-state index in [1.807, 2.05) is 4.90 Å². The fraction of sp³-hybridized carbons (Fsp3) is 0.533. The average molecular weight is 293 g/mol. The van der Waals surface area contributed by atoms with Gasteiger partial charge in [0, 0.05) is 39.3 Å². The van der Waals surface area contributed by atoms with E-state index in [0.29, 0.717) is 36.7 Å². The van der Waals surface area contributed by atoms with Crippen LogP contribution in [0.3, 0.4) is 0 Å². The van der Waals surface area contributed by atoms with E-state index in [2.05, 4.69) is 4.90 Å². The van der Waals surface area contributed by atoms with Crippen LogP contribution in [0, 0.1) is 0 Å². The molecule has 6 heteroatoms. The molecule has 0 spiro atoms. The third-order valence-corrected chi connectivity index (χ3v) is 3.74. The van der Waals surface area contributed by atoms with Gasteiger partial charge in [0.25, 0.3) is 5.91 Å². The molecule has 0 aliphatic carbocycles. The van der Waals surface area contributed by atoms with Gasteiger partial charge < -0.3 is 20.1 Å². The minimum absolute atomic E-state index is 0.0156. The number of benzene rings is 1. The number of rotatable bonds is 5. The van der Waals surface area contributed by atoms with E-state index < -0.39 is 0 Å². The fourth-order valence-corrected chi connectivity index (χ4v) is 2.51. The quantitative estimate of drug-likeness (QED) is 0.852. The minimum Gasteiger partial charge on any atom is -0.497 e. The largest absolute Gasteiger partial charge is 0.497 e. The summed E-state index contributed by atoms with van der Waals surface area (Å²) in [5.41, 5.74) is 6.11. The van der Waals surface area contributed by atoms with Gasteiger partial charge in [-0.3, -0.25) is 9.69 Å². The highest BCUT2D eigenvalue weighted by Crippen LogP contribution is 2.25. The van der Waals surface area contributed by atoms with E-state index in [0.717, 1.165) is 19.6 Å². The van der Waals surface area contributed by atoms with Gasteiger partial charge in [-0.25, -0.2) is 0 Å². The Labute approximate surface area is 125 Å². The van der Waals surface area contributed by atoms with Crippen LogP contribution < -0.4 is 15.2 Å². The molecule has 0 radical (unpaired) electrons. The second kappa shape index (κ2) is 7.28. The smallest absolute Gasteiger partial charge is 0.257 e. The van der Waals surface area contributed by atoms with Crippen LogP contribution in [0.25, 0.3) is 0 Å². The lowest BCUT2D eigenvalue weighted by Gasteiger charge is -2.34. The molecule has 0 bridgehead atoms. The number of amides is 1. The van der Waals surface area contributed by atoms with Crippen molar-refractivity contribution in [2.45, 2.75) is 0 Å². The molecule has 1 aromatic rings. The summed E-state index contributed by atoms with van der Waals surface area (Å²) in [6, 6.07) is 5.28. The van der Waals surface area contributed by atoms with E-state index in [1.165, 1.54) is 0 Å². The van der Waals surface area contributed by atoms with Gasteiger partial charge in [-0.1, -0.05) is 0 Å². The van der Waals surface area contributed by atoms with Gasteiger partial charge in [0.05, 0.1) is 19.8 Å². The van der Waals surface area contributed by atoms with Gasteiger partial charge in [-0.05, 0) is 18.2 Å². The standard InChI is InChI=1S/C15H23N3O3/c1-20-12-3-4-14(21-2)13(11-12)15(19)18-9-7-17(6-5-16)8-10-18/h3-4,11H,5-10,16H2,1-2H3. The third kappa shape index (κ3) is 3.65. The normalized spacial score (nSPS) is 15.9. The molecule has 6 nitrogen and oxygen atoms in total. The molecular formula is C15H23N3O3. The molecule has 0 atom stereocenters.